The topological polar surface area (TPSA) is 53.1 Å². The minimum atomic E-state index is -0.825. The fraction of sp³-hybridized carbons (Fsp3) is 0.167. The molecule has 1 heterocycles. The van der Waals surface area contributed by atoms with E-state index in [0.717, 1.165) is 4.47 Å². The Morgan fingerprint density at radius 3 is 2.90 bits per heavy atom. The number of carboxylic acid groups (broad SMARTS) is 1. The Hall–Kier alpha value is -0.770. The summed E-state index contributed by atoms with van der Waals surface area (Å²) < 4.78 is 0.878. The van der Waals surface area contributed by atoms with Crippen LogP contribution in [0.15, 0.2) is 16.7 Å². The summed E-state index contributed by atoms with van der Waals surface area (Å²) in [4.78, 5) is 13.0. The highest BCUT2D eigenvalue weighted by atomic mass is 79.9. The third kappa shape index (κ3) is 1.88. The van der Waals surface area contributed by atoms with E-state index in [4.69, 9.17) is 5.11 Å². The van der Waals surface area contributed by atoms with Gasteiger partial charge in [0.2, 0.25) is 0 Å². The molecule has 0 aliphatic rings. The van der Waals surface area contributed by atoms with Crippen LogP contribution in [0.5, 0.6) is 0 Å². The maximum absolute atomic E-state index is 10.1. The zero-order valence-electron chi connectivity index (χ0n) is 5.10. The van der Waals surface area contributed by atoms with Crippen LogP contribution >= 0.6 is 15.9 Å². The third-order valence-electron chi connectivity index (χ3n) is 1.05. The summed E-state index contributed by atoms with van der Waals surface area (Å²) in [6, 6.07) is 1.74. The second-order valence-corrected chi connectivity index (χ2v) is 2.83. The molecule has 0 saturated carbocycles. The van der Waals surface area contributed by atoms with Gasteiger partial charge in [0.05, 0.1) is 6.42 Å². The summed E-state index contributed by atoms with van der Waals surface area (Å²) in [7, 11) is 0. The lowest BCUT2D eigenvalue weighted by molar-refractivity contribution is -0.136. The molecule has 1 aromatic rings. The predicted octanol–water partition coefficient (Wildman–Crippen LogP) is 1.40. The highest BCUT2D eigenvalue weighted by Gasteiger charge is 2.00. The van der Waals surface area contributed by atoms with Gasteiger partial charge in [-0.3, -0.25) is 4.79 Å². The molecule has 0 atom stereocenters. The number of nitrogens with one attached hydrogen (secondary N) is 1. The molecule has 0 fully saturated rings. The van der Waals surface area contributed by atoms with Crippen molar-refractivity contribution in [2.24, 2.45) is 0 Å². The molecule has 10 heavy (non-hydrogen) atoms. The van der Waals surface area contributed by atoms with Gasteiger partial charge in [-0.05, 0) is 22.0 Å². The SMILES string of the molecule is O=C(O)Cc1cc(Br)c[nH]1. The van der Waals surface area contributed by atoms with Gasteiger partial charge in [-0.25, -0.2) is 0 Å². The van der Waals surface area contributed by atoms with Crippen molar-refractivity contribution >= 4 is 21.9 Å². The van der Waals surface area contributed by atoms with Crippen molar-refractivity contribution in [3.63, 3.8) is 0 Å². The monoisotopic (exact) mass is 203 g/mol. The molecule has 1 aromatic heterocycles. The van der Waals surface area contributed by atoms with Crippen LogP contribution in [0.2, 0.25) is 0 Å². The van der Waals surface area contributed by atoms with Gasteiger partial charge in [-0.1, -0.05) is 0 Å². The van der Waals surface area contributed by atoms with E-state index in [0.29, 0.717) is 5.69 Å². The second-order valence-electron chi connectivity index (χ2n) is 1.91. The highest BCUT2D eigenvalue weighted by Crippen LogP contribution is 2.10. The van der Waals surface area contributed by atoms with Gasteiger partial charge in [-0.15, -0.1) is 0 Å². The first-order valence-corrected chi connectivity index (χ1v) is 3.52. The molecule has 0 amide bonds. The second kappa shape index (κ2) is 2.88. The Balaban J connectivity index is 2.67. The molecule has 54 valence electrons. The van der Waals surface area contributed by atoms with Crippen molar-refractivity contribution < 1.29 is 9.90 Å². The number of carboxylic acids is 1. The lowest BCUT2D eigenvalue weighted by atomic mass is 10.3. The van der Waals surface area contributed by atoms with Crippen LogP contribution < -0.4 is 0 Å². The van der Waals surface area contributed by atoms with Crippen molar-refractivity contribution in [3.8, 4) is 0 Å². The van der Waals surface area contributed by atoms with Crippen molar-refractivity contribution in [3.05, 3.63) is 22.4 Å². The predicted molar refractivity (Wildman–Crippen MR) is 39.8 cm³/mol. The number of carbonyl (C=O) groups is 1. The van der Waals surface area contributed by atoms with Gasteiger partial charge in [0.25, 0.3) is 0 Å². The molecule has 1 rings (SSSR count). The van der Waals surface area contributed by atoms with Gasteiger partial charge in [-0.2, -0.15) is 0 Å². The van der Waals surface area contributed by atoms with Gasteiger partial charge in [0.15, 0.2) is 0 Å². The lowest BCUT2D eigenvalue weighted by Gasteiger charge is -1.87. The number of aliphatic carboxylic acids is 1. The summed E-state index contributed by atoms with van der Waals surface area (Å²) >= 11 is 3.20. The maximum Gasteiger partial charge on any atom is 0.309 e. The lowest BCUT2D eigenvalue weighted by Crippen LogP contribution is -1.99. The highest BCUT2D eigenvalue weighted by molar-refractivity contribution is 9.10. The fourth-order valence-electron chi connectivity index (χ4n) is 0.676. The number of rotatable bonds is 2. The van der Waals surface area contributed by atoms with Crippen LogP contribution in [0.25, 0.3) is 0 Å². The van der Waals surface area contributed by atoms with E-state index in [2.05, 4.69) is 20.9 Å². The van der Waals surface area contributed by atoms with Crippen LogP contribution in [0.3, 0.4) is 0 Å². The summed E-state index contributed by atoms with van der Waals surface area (Å²) in [5, 5.41) is 8.34. The van der Waals surface area contributed by atoms with Gasteiger partial charge >= 0.3 is 5.97 Å². The molecular weight excluding hydrogens is 198 g/mol. The first-order valence-electron chi connectivity index (χ1n) is 2.73. The molecule has 0 aliphatic carbocycles. The Morgan fingerprint density at radius 1 is 1.80 bits per heavy atom. The van der Waals surface area contributed by atoms with Crippen LogP contribution in [0.4, 0.5) is 0 Å². The summed E-state index contributed by atoms with van der Waals surface area (Å²) in [6.07, 6.45) is 1.75. The van der Waals surface area contributed by atoms with Crippen molar-refractivity contribution in [1.29, 1.82) is 0 Å². The van der Waals surface area contributed by atoms with E-state index in [9.17, 15) is 4.79 Å². The number of hydrogen-bond donors (Lipinski definition) is 2. The third-order valence-corrected chi connectivity index (χ3v) is 1.51. The van der Waals surface area contributed by atoms with E-state index in [1.165, 1.54) is 0 Å². The van der Waals surface area contributed by atoms with Crippen LogP contribution in [0, 0.1) is 0 Å². The Kier molecular flexibility index (Phi) is 2.11. The molecule has 0 saturated heterocycles. The Labute approximate surface area is 66.2 Å². The zero-order valence-corrected chi connectivity index (χ0v) is 6.68. The molecule has 0 aliphatic heterocycles. The zero-order chi connectivity index (χ0) is 7.56. The largest absolute Gasteiger partial charge is 0.481 e. The number of H-pyrrole nitrogens is 1. The molecule has 3 nitrogen and oxygen atoms in total. The number of aromatic amines is 1. The average molecular weight is 204 g/mol. The first-order chi connectivity index (χ1) is 4.68. The molecule has 0 bridgehead atoms. The molecular formula is C6H6BrNO2. The average Bonchev–Trinajstić information content (AvgIpc) is 2.13. The molecule has 4 heteroatoms. The first kappa shape index (κ1) is 7.34. The summed E-state index contributed by atoms with van der Waals surface area (Å²) in [5.74, 6) is -0.825. The van der Waals surface area contributed by atoms with Crippen molar-refractivity contribution in [2.45, 2.75) is 6.42 Å². The maximum atomic E-state index is 10.1. The van der Waals surface area contributed by atoms with Gasteiger partial charge < -0.3 is 10.1 Å². The van der Waals surface area contributed by atoms with E-state index >= 15 is 0 Å². The molecule has 0 unspecified atom stereocenters. The number of hydrogen-bond acceptors (Lipinski definition) is 1. The van der Waals surface area contributed by atoms with E-state index < -0.39 is 5.97 Å². The summed E-state index contributed by atoms with van der Waals surface area (Å²) in [5.41, 5.74) is 0.708. The minimum absolute atomic E-state index is 0.0472. The minimum Gasteiger partial charge on any atom is -0.481 e. The van der Waals surface area contributed by atoms with Gasteiger partial charge in [0.1, 0.15) is 0 Å². The normalized spacial score (nSPS) is 9.70. The standard InChI is InChI=1S/C6H6BrNO2/c7-4-1-5(8-3-4)2-6(9)10/h1,3,8H,2H2,(H,9,10). The van der Waals surface area contributed by atoms with E-state index in [1.54, 1.807) is 12.3 Å². The number of halogens is 1. The van der Waals surface area contributed by atoms with Crippen molar-refractivity contribution in [2.75, 3.05) is 0 Å². The van der Waals surface area contributed by atoms with Crippen LogP contribution in [-0.4, -0.2) is 16.1 Å². The molecule has 0 spiro atoms. The van der Waals surface area contributed by atoms with E-state index in [1.807, 2.05) is 0 Å². The van der Waals surface area contributed by atoms with Gasteiger partial charge in [0, 0.05) is 16.4 Å². The smallest absolute Gasteiger partial charge is 0.309 e. The number of aromatic nitrogens is 1. The van der Waals surface area contributed by atoms with Crippen LogP contribution in [0.1, 0.15) is 5.69 Å². The van der Waals surface area contributed by atoms with E-state index in [-0.39, 0.29) is 6.42 Å². The fourth-order valence-corrected chi connectivity index (χ4v) is 1.07. The quantitative estimate of drug-likeness (QED) is 0.764. The Bertz CT molecular complexity index is 244. The van der Waals surface area contributed by atoms with Crippen LogP contribution in [-0.2, 0) is 11.2 Å². The molecule has 0 aromatic carbocycles. The Morgan fingerprint density at radius 2 is 2.50 bits per heavy atom. The molecule has 2 N–H and O–H groups in total. The summed E-state index contributed by atoms with van der Waals surface area (Å²) in [6.45, 7) is 0. The van der Waals surface area contributed by atoms with Crippen molar-refractivity contribution in [1.82, 2.24) is 4.98 Å². The molecule has 0 radical (unpaired) electrons.